The summed E-state index contributed by atoms with van der Waals surface area (Å²) in [5.41, 5.74) is 10.8. The average molecular weight is 248 g/mol. The van der Waals surface area contributed by atoms with Crippen LogP contribution in [0.15, 0.2) is 12.1 Å². The highest BCUT2D eigenvalue weighted by atomic mass is 35.5. The fourth-order valence-electron chi connectivity index (χ4n) is 1.02. The van der Waals surface area contributed by atoms with Gasteiger partial charge in [0.2, 0.25) is 5.91 Å². The highest BCUT2D eigenvalue weighted by Gasteiger charge is 2.12. The number of carbonyl (C=O) groups is 1. The molecule has 0 aliphatic rings. The van der Waals surface area contributed by atoms with Gasteiger partial charge >= 0.3 is 0 Å². The molecular formula is C9H11ClFN3O2. The molecule has 0 spiro atoms. The lowest BCUT2D eigenvalue weighted by molar-refractivity contribution is -0.125. The van der Waals surface area contributed by atoms with Gasteiger partial charge in [0.1, 0.15) is 11.9 Å². The van der Waals surface area contributed by atoms with Crippen LogP contribution in [-0.2, 0) is 4.79 Å². The Balaban J connectivity index is 2.74. The van der Waals surface area contributed by atoms with E-state index in [2.05, 4.69) is 5.32 Å². The number of nitrogen functional groups attached to an aromatic ring is 1. The third kappa shape index (κ3) is 2.98. The molecule has 0 saturated carbocycles. The van der Waals surface area contributed by atoms with Crippen LogP contribution in [0.2, 0.25) is 5.02 Å². The molecule has 1 aromatic rings. The molecule has 16 heavy (non-hydrogen) atoms. The molecule has 1 atom stereocenters. The largest absolute Gasteiger partial charge is 0.397 e. The lowest BCUT2D eigenvalue weighted by Gasteiger charge is -2.12. The van der Waals surface area contributed by atoms with Crippen molar-refractivity contribution in [2.45, 2.75) is 6.10 Å². The first-order chi connectivity index (χ1) is 7.41. The van der Waals surface area contributed by atoms with Gasteiger partial charge in [-0.2, -0.15) is 0 Å². The molecule has 0 aliphatic heterocycles. The quantitative estimate of drug-likeness (QED) is 0.576. The summed E-state index contributed by atoms with van der Waals surface area (Å²) in [7, 11) is 0. The molecule has 5 nitrogen and oxygen atoms in total. The number of anilines is 2. The van der Waals surface area contributed by atoms with E-state index in [1.54, 1.807) is 0 Å². The van der Waals surface area contributed by atoms with E-state index < -0.39 is 17.8 Å². The van der Waals surface area contributed by atoms with E-state index in [-0.39, 0.29) is 17.3 Å². The number of aliphatic hydroxyl groups excluding tert-OH is 1. The lowest BCUT2D eigenvalue weighted by Crippen LogP contribution is -2.34. The predicted molar refractivity (Wildman–Crippen MR) is 59.5 cm³/mol. The molecule has 0 radical (unpaired) electrons. The van der Waals surface area contributed by atoms with E-state index in [1.165, 1.54) is 6.07 Å². The maximum Gasteiger partial charge on any atom is 0.248 e. The standard InChI is InChI=1S/C9H11ClFN3O2/c10-4-1-7(6(12)2-5(4)11)14-3-8(15)9(13)16/h1-2,8,14-15H,3,12H2,(H2,13,16). The van der Waals surface area contributed by atoms with Crippen molar-refractivity contribution >= 4 is 28.9 Å². The third-order valence-corrected chi connectivity index (χ3v) is 2.20. The Morgan fingerprint density at radius 3 is 2.81 bits per heavy atom. The van der Waals surface area contributed by atoms with Gasteiger partial charge in [-0.25, -0.2) is 4.39 Å². The van der Waals surface area contributed by atoms with Gasteiger partial charge in [0, 0.05) is 12.6 Å². The summed E-state index contributed by atoms with van der Waals surface area (Å²) in [6.07, 6.45) is -1.34. The third-order valence-electron chi connectivity index (χ3n) is 1.91. The summed E-state index contributed by atoms with van der Waals surface area (Å²) in [4.78, 5) is 10.5. The number of carbonyl (C=O) groups excluding carboxylic acids is 1. The molecule has 1 rings (SSSR count). The molecule has 0 fully saturated rings. The van der Waals surface area contributed by atoms with Crippen molar-refractivity contribution in [2.75, 3.05) is 17.6 Å². The second kappa shape index (κ2) is 5.00. The van der Waals surface area contributed by atoms with Crippen LogP contribution in [0.5, 0.6) is 0 Å². The SMILES string of the molecule is NC(=O)C(O)CNc1cc(Cl)c(F)cc1N. The number of benzene rings is 1. The topological polar surface area (TPSA) is 101 Å². The van der Waals surface area contributed by atoms with Crippen molar-refractivity contribution in [3.63, 3.8) is 0 Å². The second-order valence-corrected chi connectivity index (χ2v) is 3.56. The van der Waals surface area contributed by atoms with Gasteiger partial charge in [-0.1, -0.05) is 11.6 Å². The lowest BCUT2D eigenvalue weighted by atomic mass is 10.2. The zero-order valence-electron chi connectivity index (χ0n) is 8.21. The molecule has 88 valence electrons. The molecule has 0 heterocycles. The Bertz CT molecular complexity index is 414. The summed E-state index contributed by atoms with van der Waals surface area (Å²) in [5, 5.41) is 11.6. The number of hydrogen-bond acceptors (Lipinski definition) is 4. The van der Waals surface area contributed by atoms with E-state index in [1.807, 2.05) is 0 Å². The van der Waals surface area contributed by atoms with Crippen LogP contribution in [0.4, 0.5) is 15.8 Å². The molecule has 0 aliphatic carbocycles. The van der Waals surface area contributed by atoms with Crippen molar-refractivity contribution < 1.29 is 14.3 Å². The van der Waals surface area contributed by atoms with Crippen LogP contribution in [0.25, 0.3) is 0 Å². The summed E-state index contributed by atoms with van der Waals surface area (Å²) in [6, 6.07) is 2.31. The summed E-state index contributed by atoms with van der Waals surface area (Å²) < 4.78 is 12.9. The van der Waals surface area contributed by atoms with Crippen molar-refractivity contribution in [3.05, 3.63) is 23.0 Å². The monoisotopic (exact) mass is 247 g/mol. The van der Waals surface area contributed by atoms with E-state index in [4.69, 9.17) is 28.2 Å². The molecule has 7 heteroatoms. The number of hydrogen-bond donors (Lipinski definition) is 4. The van der Waals surface area contributed by atoms with E-state index in [0.29, 0.717) is 5.69 Å². The first-order valence-electron chi connectivity index (χ1n) is 4.37. The normalized spacial score (nSPS) is 12.2. The Morgan fingerprint density at radius 1 is 1.62 bits per heavy atom. The number of aliphatic hydroxyl groups is 1. The molecule has 1 unspecified atom stereocenters. The van der Waals surface area contributed by atoms with Gasteiger partial charge < -0.3 is 21.9 Å². The van der Waals surface area contributed by atoms with Gasteiger partial charge in [0.05, 0.1) is 16.4 Å². The van der Waals surface area contributed by atoms with Crippen molar-refractivity contribution in [1.29, 1.82) is 0 Å². The first-order valence-corrected chi connectivity index (χ1v) is 4.75. The fraction of sp³-hybridized carbons (Fsp3) is 0.222. The van der Waals surface area contributed by atoms with Gasteiger partial charge in [-0.15, -0.1) is 0 Å². The highest BCUT2D eigenvalue weighted by molar-refractivity contribution is 6.31. The predicted octanol–water partition coefficient (Wildman–Crippen LogP) is 0.319. The van der Waals surface area contributed by atoms with Gasteiger partial charge in [-0.3, -0.25) is 4.79 Å². The molecule has 0 aromatic heterocycles. The average Bonchev–Trinajstić information content (AvgIpc) is 2.20. The molecule has 1 amide bonds. The van der Waals surface area contributed by atoms with Crippen molar-refractivity contribution in [1.82, 2.24) is 0 Å². The summed E-state index contributed by atoms with van der Waals surface area (Å²) in [5.74, 6) is -1.50. The Kier molecular flexibility index (Phi) is 3.92. The molecule has 6 N–H and O–H groups in total. The van der Waals surface area contributed by atoms with Gasteiger partial charge in [-0.05, 0) is 6.07 Å². The van der Waals surface area contributed by atoms with Crippen molar-refractivity contribution in [3.8, 4) is 0 Å². The first kappa shape index (κ1) is 12.5. The maximum absolute atomic E-state index is 12.9. The minimum absolute atomic E-state index is 0.106. The molecule has 0 saturated heterocycles. The molecular weight excluding hydrogens is 237 g/mol. The van der Waals surface area contributed by atoms with Crippen LogP contribution in [-0.4, -0.2) is 23.7 Å². The van der Waals surface area contributed by atoms with Gasteiger partial charge in [0.15, 0.2) is 0 Å². The smallest absolute Gasteiger partial charge is 0.248 e. The Hall–Kier alpha value is -1.53. The van der Waals surface area contributed by atoms with Crippen LogP contribution in [0.1, 0.15) is 0 Å². The van der Waals surface area contributed by atoms with Crippen LogP contribution < -0.4 is 16.8 Å². The second-order valence-electron chi connectivity index (χ2n) is 3.15. The fourth-order valence-corrected chi connectivity index (χ4v) is 1.19. The van der Waals surface area contributed by atoms with E-state index in [0.717, 1.165) is 6.07 Å². The van der Waals surface area contributed by atoms with E-state index >= 15 is 0 Å². The Labute approximate surface area is 96.2 Å². The zero-order valence-corrected chi connectivity index (χ0v) is 8.96. The highest BCUT2D eigenvalue weighted by Crippen LogP contribution is 2.26. The molecule has 0 bridgehead atoms. The Morgan fingerprint density at radius 2 is 2.25 bits per heavy atom. The molecule has 1 aromatic carbocycles. The van der Waals surface area contributed by atoms with E-state index in [9.17, 15) is 9.18 Å². The maximum atomic E-state index is 12.9. The zero-order chi connectivity index (χ0) is 12.3. The summed E-state index contributed by atoms with van der Waals surface area (Å²) in [6.45, 7) is -0.124. The minimum atomic E-state index is -1.34. The summed E-state index contributed by atoms with van der Waals surface area (Å²) >= 11 is 5.54. The number of halogens is 2. The van der Waals surface area contributed by atoms with Crippen LogP contribution >= 0.6 is 11.6 Å². The van der Waals surface area contributed by atoms with Gasteiger partial charge in [0.25, 0.3) is 0 Å². The van der Waals surface area contributed by atoms with Crippen molar-refractivity contribution in [2.24, 2.45) is 5.73 Å². The minimum Gasteiger partial charge on any atom is -0.397 e. The number of amides is 1. The number of nitrogens with one attached hydrogen (secondary N) is 1. The van der Waals surface area contributed by atoms with Crippen LogP contribution in [0.3, 0.4) is 0 Å². The number of nitrogens with two attached hydrogens (primary N) is 2. The number of rotatable bonds is 4. The number of primary amides is 1. The van der Waals surface area contributed by atoms with Crippen LogP contribution in [0, 0.1) is 5.82 Å².